The number of nitrogens with zero attached hydrogens (tertiary/aromatic N) is 3. The van der Waals surface area contributed by atoms with Crippen LogP contribution in [0.3, 0.4) is 0 Å². The lowest BCUT2D eigenvalue weighted by Crippen LogP contribution is -2.17. The number of phenols is 1. The summed E-state index contributed by atoms with van der Waals surface area (Å²) in [6, 6.07) is 19.2. The fourth-order valence-electron chi connectivity index (χ4n) is 3.34. The molecule has 9 heteroatoms. The quantitative estimate of drug-likeness (QED) is 0.328. The second kappa shape index (κ2) is 8.76. The summed E-state index contributed by atoms with van der Waals surface area (Å²) in [4.78, 5) is 4.57. The molecule has 0 saturated heterocycles. The van der Waals surface area contributed by atoms with Crippen molar-refractivity contribution >= 4 is 33.4 Å². The smallest absolute Gasteiger partial charge is 0.247 e. The van der Waals surface area contributed by atoms with Crippen LogP contribution in [0.25, 0.3) is 11.3 Å². The number of benzene rings is 3. The average Bonchev–Trinajstić information content (AvgIpc) is 2.96. The molecule has 2 N–H and O–H groups in total. The van der Waals surface area contributed by atoms with Gasteiger partial charge in [-0.25, -0.2) is 4.39 Å². The summed E-state index contributed by atoms with van der Waals surface area (Å²) in [6.45, 7) is 0. The Kier molecular flexibility index (Phi) is 5.67. The number of halogens is 2. The number of anilines is 1. The Hall–Kier alpha value is -3.17. The van der Waals surface area contributed by atoms with Crippen LogP contribution in [0.15, 0.2) is 76.4 Å². The van der Waals surface area contributed by atoms with Gasteiger partial charge in [-0.15, -0.1) is 10.2 Å². The molecule has 0 bridgehead atoms. The summed E-state index contributed by atoms with van der Waals surface area (Å²) in [5, 5.41) is 22.3. The van der Waals surface area contributed by atoms with Gasteiger partial charge in [-0.3, -0.25) is 0 Å². The van der Waals surface area contributed by atoms with Crippen LogP contribution in [0.5, 0.6) is 11.6 Å². The first-order chi connectivity index (χ1) is 15.6. The van der Waals surface area contributed by atoms with Crippen LogP contribution in [0, 0.1) is 5.82 Å². The number of nitrogens with one attached hydrogen (secondary N) is 1. The summed E-state index contributed by atoms with van der Waals surface area (Å²) in [5.74, 6) is 0.511. The minimum atomic E-state index is -0.639. The van der Waals surface area contributed by atoms with Crippen LogP contribution >= 0.6 is 27.7 Å². The number of phenolic OH excluding ortho intramolecular Hbond substituents is 1. The van der Waals surface area contributed by atoms with Gasteiger partial charge in [-0.1, -0.05) is 64.1 Å². The monoisotopic (exact) mass is 510 g/mol. The predicted octanol–water partition coefficient (Wildman–Crippen LogP) is 5.94. The van der Waals surface area contributed by atoms with E-state index in [-0.39, 0.29) is 11.6 Å². The van der Waals surface area contributed by atoms with E-state index in [0.717, 1.165) is 15.7 Å². The molecule has 0 amide bonds. The number of hydrogen-bond acceptors (Lipinski definition) is 7. The van der Waals surface area contributed by atoms with E-state index in [0.29, 0.717) is 33.6 Å². The van der Waals surface area contributed by atoms with Crippen LogP contribution in [-0.4, -0.2) is 20.3 Å². The normalized spacial score (nSPS) is 14.5. The van der Waals surface area contributed by atoms with Crippen molar-refractivity contribution in [3.63, 3.8) is 0 Å². The van der Waals surface area contributed by atoms with E-state index in [9.17, 15) is 9.50 Å². The Morgan fingerprint density at radius 2 is 1.88 bits per heavy atom. The molecule has 1 aliphatic heterocycles. The maximum atomic E-state index is 14.0. The van der Waals surface area contributed by atoms with Crippen molar-refractivity contribution in [2.45, 2.75) is 17.1 Å². The van der Waals surface area contributed by atoms with Crippen LogP contribution in [0.2, 0.25) is 0 Å². The number of hydrogen-bond donors (Lipinski definition) is 2. The number of thioether (sulfide) groups is 1. The maximum absolute atomic E-state index is 14.0. The lowest BCUT2D eigenvalue weighted by Gasteiger charge is -2.20. The van der Waals surface area contributed by atoms with E-state index in [1.165, 1.54) is 17.8 Å². The fourth-order valence-corrected chi connectivity index (χ4v) is 4.56. The number of rotatable bonds is 4. The van der Waals surface area contributed by atoms with Crippen LogP contribution < -0.4 is 10.1 Å². The first-order valence-electron chi connectivity index (χ1n) is 9.70. The van der Waals surface area contributed by atoms with E-state index < -0.39 is 6.23 Å². The molecule has 4 aromatic rings. The molecule has 0 spiro atoms. The third kappa shape index (κ3) is 4.13. The number of aromatic nitrogens is 3. The standard InChI is InChI=1S/C23H16BrFN4O2S/c24-17-10-9-14(30)11-16(17)21-26-19-8-4-2-6-15(19)20-22(31-21)27-23(29-28-20)32-12-13-5-1-3-7-18(13)25/h1-11,21,26,30H,12H2. The number of aromatic hydroxyl groups is 1. The minimum absolute atomic E-state index is 0.119. The van der Waals surface area contributed by atoms with Crippen molar-refractivity contribution in [3.8, 4) is 22.9 Å². The van der Waals surface area contributed by atoms with Crippen molar-refractivity contribution < 1.29 is 14.2 Å². The van der Waals surface area contributed by atoms with Gasteiger partial charge in [-0.05, 0) is 35.9 Å². The van der Waals surface area contributed by atoms with E-state index in [4.69, 9.17) is 4.74 Å². The molecule has 6 nitrogen and oxygen atoms in total. The largest absolute Gasteiger partial charge is 0.508 e. The maximum Gasteiger partial charge on any atom is 0.247 e. The molecule has 1 aliphatic rings. The zero-order valence-corrected chi connectivity index (χ0v) is 18.9. The number of fused-ring (bicyclic) bond motifs is 3. The highest BCUT2D eigenvalue weighted by Gasteiger charge is 2.27. The molecular formula is C23H16BrFN4O2S. The third-order valence-electron chi connectivity index (χ3n) is 4.91. The Labute approximate surface area is 196 Å². The topological polar surface area (TPSA) is 80.2 Å². The molecule has 0 radical (unpaired) electrons. The first-order valence-corrected chi connectivity index (χ1v) is 11.5. The zero-order chi connectivity index (χ0) is 22.1. The minimum Gasteiger partial charge on any atom is -0.508 e. The van der Waals surface area contributed by atoms with Crippen LogP contribution in [0.1, 0.15) is 17.4 Å². The van der Waals surface area contributed by atoms with Crippen molar-refractivity contribution in [2.75, 3.05) is 5.32 Å². The molecule has 0 saturated carbocycles. The molecule has 1 atom stereocenters. The van der Waals surface area contributed by atoms with Gasteiger partial charge in [0, 0.05) is 27.0 Å². The Bertz CT molecular complexity index is 1310. The number of para-hydroxylation sites is 1. The molecule has 160 valence electrons. The summed E-state index contributed by atoms with van der Waals surface area (Å²) in [7, 11) is 0. The Morgan fingerprint density at radius 1 is 1.06 bits per heavy atom. The van der Waals surface area contributed by atoms with Crippen molar-refractivity contribution in [3.05, 3.63) is 88.1 Å². The van der Waals surface area contributed by atoms with Crippen molar-refractivity contribution in [2.24, 2.45) is 0 Å². The van der Waals surface area contributed by atoms with Crippen LogP contribution in [-0.2, 0) is 5.75 Å². The van der Waals surface area contributed by atoms with Gasteiger partial charge >= 0.3 is 0 Å². The van der Waals surface area contributed by atoms with Gasteiger partial charge in [0.25, 0.3) is 0 Å². The molecule has 0 fully saturated rings. The third-order valence-corrected chi connectivity index (χ3v) is 6.52. The summed E-state index contributed by atoms with van der Waals surface area (Å²) >= 11 is 4.80. The van der Waals surface area contributed by atoms with Gasteiger partial charge in [0.1, 0.15) is 11.6 Å². The van der Waals surface area contributed by atoms with Crippen molar-refractivity contribution in [1.29, 1.82) is 0 Å². The van der Waals surface area contributed by atoms with Crippen LogP contribution in [0.4, 0.5) is 10.1 Å². The highest BCUT2D eigenvalue weighted by molar-refractivity contribution is 9.10. The molecule has 5 rings (SSSR count). The number of ether oxygens (including phenoxy) is 1. The molecule has 2 heterocycles. The van der Waals surface area contributed by atoms with E-state index >= 15 is 0 Å². The summed E-state index contributed by atoms with van der Waals surface area (Å²) < 4.78 is 21.0. The molecule has 3 aromatic carbocycles. The molecule has 0 aliphatic carbocycles. The second-order valence-electron chi connectivity index (χ2n) is 7.02. The van der Waals surface area contributed by atoms with Gasteiger partial charge in [0.15, 0.2) is 11.9 Å². The zero-order valence-electron chi connectivity index (χ0n) is 16.5. The highest BCUT2D eigenvalue weighted by Crippen LogP contribution is 2.41. The highest BCUT2D eigenvalue weighted by atomic mass is 79.9. The van der Waals surface area contributed by atoms with E-state index in [1.807, 2.05) is 24.3 Å². The van der Waals surface area contributed by atoms with Gasteiger partial charge in [0.2, 0.25) is 11.0 Å². The fraction of sp³-hybridized carbons (Fsp3) is 0.0870. The SMILES string of the molecule is Oc1ccc(Br)c(C2Nc3ccccc3-c3nnc(SCc4ccccc4F)nc3O2)c1. The predicted molar refractivity (Wildman–Crippen MR) is 124 cm³/mol. The van der Waals surface area contributed by atoms with Gasteiger partial charge < -0.3 is 15.2 Å². The summed E-state index contributed by atoms with van der Waals surface area (Å²) in [6.07, 6.45) is -0.639. The van der Waals surface area contributed by atoms with Gasteiger partial charge in [0.05, 0.1) is 0 Å². The van der Waals surface area contributed by atoms with E-state index in [2.05, 4.69) is 36.4 Å². The second-order valence-corrected chi connectivity index (χ2v) is 8.82. The van der Waals surface area contributed by atoms with Gasteiger partial charge in [-0.2, -0.15) is 4.98 Å². The molecular weight excluding hydrogens is 495 g/mol. The lowest BCUT2D eigenvalue weighted by molar-refractivity contribution is 0.224. The van der Waals surface area contributed by atoms with Crippen molar-refractivity contribution in [1.82, 2.24) is 15.2 Å². The molecule has 1 unspecified atom stereocenters. The molecule has 1 aromatic heterocycles. The molecule has 32 heavy (non-hydrogen) atoms. The summed E-state index contributed by atoms with van der Waals surface area (Å²) in [5.41, 5.74) is 3.36. The first kappa shape index (κ1) is 20.7. The van der Waals surface area contributed by atoms with E-state index in [1.54, 1.807) is 36.4 Å². The lowest BCUT2D eigenvalue weighted by atomic mass is 10.1. The Morgan fingerprint density at radius 3 is 2.75 bits per heavy atom. The Balaban J connectivity index is 1.52. The average molecular weight is 511 g/mol.